The summed E-state index contributed by atoms with van der Waals surface area (Å²) in [6.07, 6.45) is 6.03. The lowest BCUT2D eigenvalue weighted by atomic mass is 10.0. The lowest BCUT2D eigenvalue weighted by Gasteiger charge is -2.36. The number of rotatable bonds is 4. The van der Waals surface area contributed by atoms with E-state index < -0.39 is 0 Å². The summed E-state index contributed by atoms with van der Waals surface area (Å²) >= 11 is 0. The van der Waals surface area contributed by atoms with Crippen LogP contribution in [0.15, 0.2) is 10.6 Å². The highest BCUT2D eigenvalue weighted by atomic mass is 16.5. The maximum atomic E-state index is 12.7. The minimum absolute atomic E-state index is 0.365. The number of fused-ring (bicyclic) bond motifs is 1. The van der Waals surface area contributed by atoms with E-state index in [1.165, 1.54) is 19.3 Å². The highest BCUT2D eigenvalue weighted by Crippen LogP contribution is 2.58. The van der Waals surface area contributed by atoms with Gasteiger partial charge in [0, 0.05) is 38.2 Å². The molecule has 1 amide bonds. The summed E-state index contributed by atoms with van der Waals surface area (Å²) in [4.78, 5) is 17.2. The van der Waals surface area contributed by atoms with E-state index in [-0.39, 0.29) is 0 Å². The highest BCUT2D eigenvalue weighted by molar-refractivity contribution is 5.82. The smallest absolute Gasteiger partial charge is 0.226 e. The topological polar surface area (TPSA) is 49.6 Å². The monoisotopic (exact) mass is 317 g/mol. The Balaban J connectivity index is 1.26. The number of carbonyl (C=O) groups excluding carboxylic acids is 1. The molecule has 0 unspecified atom stereocenters. The second kappa shape index (κ2) is 5.93. The van der Waals surface area contributed by atoms with Gasteiger partial charge in [0.05, 0.1) is 12.2 Å². The Bertz CT molecular complexity index is 567. The van der Waals surface area contributed by atoms with Crippen LogP contribution in [0.2, 0.25) is 0 Å². The predicted octanol–water partition coefficient (Wildman–Crippen LogP) is 2.45. The molecule has 2 saturated carbocycles. The van der Waals surface area contributed by atoms with Crippen LogP contribution < -0.4 is 0 Å². The van der Waals surface area contributed by atoms with Crippen molar-refractivity contribution in [3.05, 3.63) is 17.5 Å². The molecule has 126 valence electrons. The molecule has 1 aromatic heterocycles. The van der Waals surface area contributed by atoms with Gasteiger partial charge in [0.25, 0.3) is 0 Å². The van der Waals surface area contributed by atoms with Gasteiger partial charge in [-0.25, -0.2) is 0 Å². The van der Waals surface area contributed by atoms with E-state index in [9.17, 15) is 4.79 Å². The van der Waals surface area contributed by atoms with Crippen molar-refractivity contribution >= 4 is 5.91 Å². The van der Waals surface area contributed by atoms with Crippen LogP contribution in [0, 0.1) is 24.7 Å². The van der Waals surface area contributed by atoms with Crippen LogP contribution in [0.3, 0.4) is 0 Å². The molecular formula is C18H27N3O2. The fourth-order valence-electron chi connectivity index (χ4n) is 4.78. The van der Waals surface area contributed by atoms with Gasteiger partial charge in [0.1, 0.15) is 0 Å². The Morgan fingerprint density at radius 2 is 2.00 bits per heavy atom. The van der Waals surface area contributed by atoms with Crippen LogP contribution >= 0.6 is 0 Å². The van der Waals surface area contributed by atoms with E-state index >= 15 is 0 Å². The van der Waals surface area contributed by atoms with E-state index in [0.29, 0.717) is 17.9 Å². The summed E-state index contributed by atoms with van der Waals surface area (Å²) in [5.41, 5.74) is 0.940. The number of piperidine rings is 1. The minimum atomic E-state index is 0.365. The van der Waals surface area contributed by atoms with Crippen molar-refractivity contribution in [2.45, 2.75) is 51.6 Å². The molecule has 2 aliphatic carbocycles. The highest BCUT2D eigenvalue weighted by Gasteiger charge is 2.57. The SMILES string of the molecule is Cc1cc(CN2CCC(N(C)C(=O)C3[C@@H]4CCC[C@@H]34)CC2)on1. The molecule has 2 heterocycles. The predicted molar refractivity (Wildman–Crippen MR) is 86.6 cm³/mol. The fourth-order valence-corrected chi connectivity index (χ4v) is 4.78. The molecule has 3 fully saturated rings. The molecular weight excluding hydrogens is 290 g/mol. The van der Waals surface area contributed by atoms with Gasteiger partial charge in [-0.2, -0.15) is 0 Å². The number of hydrogen-bond donors (Lipinski definition) is 0. The lowest BCUT2D eigenvalue weighted by molar-refractivity contribution is -0.135. The second-order valence-corrected chi connectivity index (χ2v) is 7.68. The van der Waals surface area contributed by atoms with Crippen LogP contribution in [0.5, 0.6) is 0 Å². The Morgan fingerprint density at radius 1 is 1.30 bits per heavy atom. The molecule has 5 nitrogen and oxygen atoms in total. The largest absolute Gasteiger partial charge is 0.360 e. The van der Waals surface area contributed by atoms with E-state index in [1.807, 2.05) is 20.0 Å². The van der Waals surface area contributed by atoms with Crippen molar-refractivity contribution < 1.29 is 9.32 Å². The zero-order chi connectivity index (χ0) is 16.0. The zero-order valence-corrected chi connectivity index (χ0v) is 14.2. The molecule has 0 radical (unpaired) electrons. The van der Waals surface area contributed by atoms with Crippen LogP contribution in [0.25, 0.3) is 0 Å². The van der Waals surface area contributed by atoms with E-state index in [2.05, 4.69) is 15.0 Å². The normalized spacial score (nSPS) is 31.1. The van der Waals surface area contributed by atoms with Gasteiger partial charge in [0.15, 0.2) is 5.76 Å². The number of carbonyl (C=O) groups is 1. The van der Waals surface area contributed by atoms with Crippen LogP contribution in [0.4, 0.5) is 0 Å². The van der Waals surface area contributed by atoms with E-state index in [4.69, 9.17) is 4.52 Å². The summed E-state index contributed by atoms with van der Waals surface area (Å²) in [7, 11) is 2.02. The van der Waals surface area contributed by atoms with E-state index in [0.717, 1.165) is 55.8 Å². The van der Waals surface area contributed by atoms with Crippen molar-refractivity contribution in [2.75, 3.05) is 20.1 Å². The molecule has 23 heavy (non-hydrogen) atoms. The number of likely N-dealkylation sites (tertiary alicyclic amines) is 1. The molecule has 1 aliphatic heterocycles. The number of nitrogens with zero attached hydrogens (tertiary/aromatic N) is 3. The molecule has 1 saturated heterocycles. The standard InChI is InChI=1S/C18H27N3O2/c1-12-10-14(23-19-12)11-21-8-6-13(7-9-21)20(2)18(22)17-15-4-3-5-16(15)17/h10,13,15-17H,3-9,11H2,1-2H3/t15-,16-/m1/s1. The van der Waals surface area contributed by atoms with Crippen molar-refractivity contribution in [1.82, 2.24) is 15.0 Å². The van der Waals surface area contributed by atoms with Crippen molar-refractivity contribution in [3.8, 4) is 0 Å². The number of hydrogen-bond acceptors (Lipinski definition) is 4. The summed E-state index contributed by atoms with van der Waals surface area (Å²) in [5.74, 6) is 3.17. The van der Waals surface area contributed by atoms with Gasteiger partial charge in [-0.3, -0.25) is 9.69 Å². The van der Waals surface area contributed by atoms with Gasteiger partial charge in [0.2, 0.25) is 5.91 Å². The second-order valence-electron chi connectivity index (χ2n) is 7.68. The Labute approximate surface area is 138 Å². The molecule has 5 heteroatoms. The number of aryl methyl sites for hydroxylation is 1. The van der Waals surface area contributed by atoms with Gasteiger partial charge < -0.3 is 9.42 Å². The third-order valence-corrected chi connectivity index (χ3v) is 6.20. The van der Waals surface area contributed by atoms with Gasteiger partial charge in [-0.15, -0.1) is 0 Å². The number of aromatic nitrogens is 1. The maximum Gasteiger partial charge on any atom is 0.226 e. The minimum Gasteiger partial charge on any atom is -0.360 e. The van der Waals surface area contributed by atoms with Crippen LogP contribution in [0.1, 0.15) is 43.6 Å². The molecule has 3 aliphatic rings. The quantitative estimate of drug-likeness (QED) is 0.856. The first-order valence-electron chi connectivity index (χ1n) is 9.04. The maximum absolute atomic E-state index is 12.7. The van der Waals surface area contributed by atoms with Crippen LogP contribution in [-0.4, -0.2) is 47.0 Å². The molecule has 1 aromatic rings. The average Bonchev–Trinajstić information content (AvgIpc) is 2.89. The van der Waals surface area contributed by atoms with Gasteiger partial charge in [-0.05, 0) is 44.4 Å². The first-order chi connectivity index (χ1) is 11.1. The molecule has 2 atom stereocenters. The van der Waals surface area contributed by atoms with Crippen molar-refractivity contribution in [2.24, 2.45) is 17.8 Å². The van der Waals surface area contributed by atoms with Crippen molar-refractivity contribution in [1.29, 1.82) is 0 Å². The summed E-state index contributed by atoms with van der Waals surface area (Å²) < 4.78 is 5.31. The third-order valence-electron chi connectivity index (χ3n) is 6.20. The van der Waals surface area contributed by atoms with E-state index in [1.54, 1.807) is 0 Å². The summed E-state index contributed by atoms with van der Waals surface area (Å²) in [5, 5.41) is 3.95. The van der Waals surface area contributed by atoms with Crippen LogP contribution in [-0.2, 0) is 11.3 Å². The molecule has 0 N–H and O–H groups in total. The molecule has 0 spiro atoms. The van der Waals surface area contributed by atoms with Gasteiger partial charge in [-0.1, -0.05) is 11.6 Å². The average molecular weight is 317 g/mol. The summed E-state index contributed by atoms with van der Waals surface area (Å²) in [6, 6.07) is 2.42. The molecule has 0 aromatic carbocycles. The Morgan fingerprint density at radius 3 is 2.61 bits per heavy atom. The lowest BCUT2D eigenvalue weighted by Crippen LogP contribution is -2.46. The first-order valence-corrected chi connectivity index (χ1v) is 9.04. The summed E-state index contributed by atoms with van der Waals surface area (Å²) in [6.45, 7) is 4.84. The van der Waals surface area contributed by atoms with Gasteiger partial charge >= 0.3 is 0 Å². The Hall–Kier alpha value is -1.36. The first kappa shape index (κ1) is 15.2. The fraction of sp³-hybridized carbons (Fsp3) is 0.778. The zero-order valence-electron chi connectivity index (χ0n) is 14.2. The number of amides is 1. The third kappa shape index (κ3) is 2.91. The molecule has 4 rings (SSSR count). The molecule has 0 bridgehead atoms. The Kier molecular flexibility index (Phi) is 3.92. The van der Waals surface area contributed by atoms with Crippen molar-refractivity contribution in [3.63, 3.8) is 0 Å².